The van der Waals surface area contributed by atoms with E-state index in [-0.39, 0.29) is 23.7 Å². The van der Waals surface area contributed by atoms with E-state index in [1.807, 2.05) is 62.4 Å². The largest absolute Gasteiger partial charge is 0.490 e. The predicted molar refractivity (Wildman–Crippen MR) is 107 cm³/mol. The van der Waals surface area contributed by atoms with Crippen LogP contribution >= 0.6 is 0 Å². The highest BCUT2D eigenvalue weighted by atomic mass is 16.5. The van der Waals surface area contributed by atoms with E-state index in [1.165, 1.54) is 0 Å². The van der Waals surface area contributed by atoms with Crippen molar-refractivity contribution in [3.05, 3.63) is 59.7 Å². The maximum Gasteiger partial charge on any atom is 0.255 e. The van der Waals surface area contributed by atoms with Crippen LogP contribution < -0.4 is 14.8 Å². The topological polar surface area (TPSA) is 47.6 Å². The highest BCUT2D eigenvalue weighted by Crippen LogP contribution is 2.42. The summed E-state index contributed by atoms with van der Waals surface area (Å²) in [5.74, 6) is 1.36. The number of fused-ring (bicyclic) bond motifs is 1. The average Bonchev–Trinajstić information content (AvgIpc) is 2.67. The van der Waals surface area contributed by atoms with Gasteiger partial charge in [-0.3, -0.25) is 4.79 Å². The zero-order chi connectivity index (χ0) is 19.4. The van der Waals surface area contributed by atoms with E-state index < -0.39 is 0 Å². The minimum absolute atomic E-state index is 0.00980. The van der Waals surface area contributed by atoms with E-state index in [0.717, 1.165) is 30.6 Å². The van der Waals surface area contributed by atoms with Gasteiger partial charge in [0.15, 0.2) is 0 Å². The lowest BCUT2D eigenvalue weighted by Gasteiger charge is -2.41. The summed E-state index contributed by atoms with van der Waals surface area (Å²) in [6, 6.07) is 15.3. The number of nitrogens with one attached hydrogen (secondary N) is 1. The second-order valence-electron chi connectivity index (χ2n) is 7.42. The molecule has 0 spiro atoms. The van der Waals surface area contributed by atoms with Crippen LogP contribution in [0, 0.1) is 0 Å². The molecule has 1 amide bonds. The molecule has 27 heavy (non-hydrogen) atoms. The lowest BCUT2D eigenvalue weighted by molar-refractivity contribution is 0.0227. The van der Waals surface area contributed by atoms with Gasteiger partial charge in [-0.2, -0.15) is 0 Å². The van der Waals surface area contributed by atoms with Gasteiger partial charge in [-0.1, -0.05) is 44.2 Å². The van der Waals surface area contributed by atoms with Crippen molar-refractivity contribution in [1.82, 2.24) is 5.32 Å². The van der Waals surface area contributed by atoms with E-state index in [1.54, 1.807) is 0 Å². The third-order valence-electron chi connectivity index (χ3n) is 5.29. The molecule has 0 radical (unpaired) electrons. The lowest BCUT2D eigenvalue weighted by atomic mass is 9.83. The van der Waals surface area contributed by atoms with Crippen molar-refractivity contribution in [3.63, 3.8) is 0 Å². The van der Waals surface area contributed by atoms with Crippen LogP contribution in [-0.2, 0) is 0 Å². The smallest absolute Gasteiger partial charge is 0.255 e. The first kappa shape index (κ1) is 19.3. The maximum absolute atomic E-state index is 13.1. The average molecular weight is 367 g/mol. The Bertz CT molecular complexity index is 796. The van der Waals surface area contributed by atoms with Gasteiger partial charge in [0, 0.05) is 12.0 Å². The first-order valence-corrected chi connectivity index (χ1v) is 9.82. The van der Waals surface area contributed by atoms with Crippen molar-refractivity contribution in [2.24, 2.45) is 0 Å². The number of amides is 1. The summed E-state index contributed by atoms with van der Waals surface area (Å²) in [5, 5.41) is 3.23. The van der Waals surface area contributed by atoms with Gasteiger partial charge in [-0.15, -0.1) is 0 Å². The quantitative estimate of drug-likeness (QED) is 0.755. The Hall–Kier alpha value is -2.49. The molecule has 4 heteroatoms. The molecule has 1 N–H and O–H groups in total. The Kier molecular flexibility index (Phi) is 5.73. The molecule has 4 nitrogen and oxygen atoms in total. The second-order valence-corrected chi connectivity index (χ2v) is 7.42. The van der Waals surface area contributed by atoms with E-state index in [2.05, 4.69) is 19.2 Å². The summed E-state index contributed by atoms with van der Waals surface area (Å²) >= 11 is 0. The van der Waals surface area contributed by atoms with E-state index in [0.29, 0.717) is 11.3 Å². The van der Waals surface area contributed by atoms with Gasteiger partial charge in [0.2, 0.25) is 0 Å². The van der Waals surface area contributed by atoms with E-state index >= 15 is 0 Å². The fraction of sp³-hybridized carbons (Fsp3) is 0.435. The molecule has 144 valence electrons. The van der Waals surface area contributed by atoms with Gasteiger partial charge >= 0.3 is 0 Å². The molecule has 0 fully saturated rings. The highest BCUT2D eigenvalue weighted by molar-refractivity contribution is 5.97. The molecule has 0 unspecified atom stereocenters. The summed E-state index contributed by atoms with van der Waals surface area (Å²) < 4.78 is 12.2. The first-order chi connectivity index (χ1) is 13.0. The fourth-order valence-corrected chi connectivity index (χ4v) is 3.68. The van der Waals surface area contributed by atoms with Crippen LogP contribution in [0.5, 0.6) is 11.5 Å². The number of para-hydroxylation sites is 2. The molecule has 3 rings (SSSR count). The minimum atomic E-state index is -0.250. The summed E-state index contributed by atoms with van der Waals surface area (Å²) in [4.78, 5) is 13.1. The second kappa shape index (κ2) is 8.03. The third-order valence-corrected chi connectivity index (χ3v) is 5.29. The fourth-order valence-electron chi connectivity index (χ4n) is 3.68. The number of ether oxygens (including phenoxy) is 2. The maximum atomic E-state index is 13.1. The van der Waals surface area contributed by atoms with Crippen LogP contribution in [0.15, 0.2) is 48.5 Å². The Morgan fingerprint density at radius 3 is 2.52 bits per heavy atom. The van der Waals surface area contributed by atoms with Gasteiger partial charge in [0.25, 0.3) is 5.91 Å². The van der Waals surface area contributed by atoms with E-state index in [4.69, 9.17) is 9.47 Å². The predicted octanol–water partition coefficient (Wildman–Crippen LogP) is 5.29. The van der Waals surface area contributed by atoms with Crippen LogP contribution in [0.25, 0.3) is 0 Å². The van der Waals surface area contributed by atoms with Crippen LogP contribution in [0.3, 0.4) is 0 Å². The summed E-state index contributed by atoms with van der Waals surface area (Å²) in [6.45, 7) is 8.20. The Labute approximate surface area is 161 Å². The zero-order valence-electron chi connectivity index (χ0n) is 16.6. The lowest BCUT2D eigenvalue weighted by Crippen LogP contribution is -2.44. The third kappa shape index (κ3) is 4.10. The number of carbonyl (C=O) groups excluding carboxylic acids is 1. The van der Waals surface area contributed by atoms with Gasteiger partial charge in [0.05, 0.1) is 17.7 Å². The number of benzene rings is 2. The van der Waals surface area contributed by atoms with Crippen LogP contribution in [0.2, 0.25) is 0 Å². The van der Waals surface area contributed by atoms with Crippen molar-refractivity contribution < 1.29 is 14.3 Å². The van der Waals surface area contributed by atoms with E-state index in [9.17, 15) is 4.79 Å². The monoisotopic (exact) mass is 367 g/mol. The van der Waals surface area contributed by atoms with Crippen LogP contribution in [0.1, 0.15) is 68.9 Å². The van der Waals surface area contributed by atoms with Crippen molar-refractivity contribution in [2.45, 2.75) is 64.7 Å². The Balaban J connectivity index is 1.89. The van der Waals surface area contributed by atoms with Gasteiger partial charge in [-0.25, -0.2) is 0 Å². The summed E-state index contributed by atoms with van der Waals surface area (Å²) in [7, 11) is 0. The molecular weight excluding hydrogens is 338 g/mol. The molecule has 1 heterocycles. The normalized spacial score (nSPS) is 17.7. The minimum Gasteiger partial charge on any atom is -0.490 e. The molecular formula is C23H29NO3. The van der Waals surface area contributed by atoms with Crippen LogP contribution in [0.4, 0.5) is 0 Å². The molecule has 1 atom stereocenters. The molecule has 0 bridgehead atoms. The number of carbonyl (C=O) groups is 1. The molecule has 0 saturated carbocycles. The van der Waals surface area contributed by atoms with Crippen molar-refractivity contribution in [2.75, 3.05) is 0 Å². The molecule has 0 aromatic heterocycles. The molecule has 1 aliphatic rings. The first-order valence-electron chi connectivity index (χ1n) is 9.82. The van der Waals surface area contributed by atoms with Crippen LogP contribution in [-0.4, -0.2) is 17.6 Å². The number of rotatable bonds is 6. The Morgan fingerprint density at radius 1 is 1.15 bits per heavy atom. The number of hydrogen-bond acceptors (Lipinski definition) is 3. The molecule has 0 saturated heterocycles. The van der Waals surface area contributed by atoms with Crippen molar-refractivity contribution >= 4 is 5.91 Å². The van der Waals surface area contributed by atoms with Crippen molar-refractivity contribution in [3.8, 4) is 11.5 Å². The SMILES string of the molecule is CCC1(CC)C[C@H](NC(=O)c2ccccc2OC(C)C)c2ccccc2O1. The summed E-state index contributed by atoms with van der Waals surface area (Å²) in [6.07, 6.45) is 2.57. The Morgan fingerprint density at radius 2 is 1.81 bits per heavy atom. The summed E-state index contributed by atoms with van der Waals surface area (Å²) in [5.41, 5.74) is 1.35. The van der Waals surface area contributed by atoms with Gasteiger partial charge < -0.3 is 14.8 Å². The molecule has 0 aliphatic carbocycles. The van der Waals surface area contributed by atoms with Crippen molar-refractivity contribution in [1.29, 1.82) is 0 Å². The number of hydrogen-bond donors (Lipinski definition) is 1. The molecule has 2 aromatic rings. The van der Waals surface area contributed by atoms with Gasteiger partial charge in [0.1, 0.15) is 17.1 Å². The zero-order valence-corrected chi connectivity index (χ0v) is 16.6. The van der Waals surface area contributed by atoms with Gasteiger partial charge in [-0.05, 0) is 44.9 Å². The highest BCUT2D eigenvalue weighted by Gasteiger charge is 2.39. The molecule has 1 aliphatic heterocycles. The molecule has 2 aromatic carbocycles. The standard InChI is InChI=1S/C23H29NO3/c1-5-23(6-2)15-19(17-11-7-10-14-21(17)27-23)24-22(25)18-12-8-9-13-20(18)26-16(3)4/h7-14,16,19H,5-6,15H2,1-4H3,(H,24,25)/t19-/m0/s1.